The molecule has 0 bridgehead atoms. The van der Waals surface area contributed by atoms with E-state index in [1.807, 2.05) is 17.9 Å². The SMILES string of the molecule is Cc1c(-c2ccc3c(c2)CCC3N)cnn1C. The fourth-order valence-electron chi connectivity index (χ4n) is 2.60. The molecule has 1 aromatic heterocycles. The maximum absolute atomic E-state index is 6.05. The molecule has 17 heavy (non-hydrogen) atoms. The Morgan fingerprint density at radius 1 is 1.41 bits per heavy atom. The molecule has 0 fully saturated rings. The van der Waals surface area contributed by atoms with Gasteiger partial charge in [-0.15, -0.1) is 0 Å². The van der Waals surface area contributed by atoms with Crippen LogP contribution >= 0.6 is 0 Å². The summed E-state index contributed by atoms with van der Waals surface area (Å²) < 4.78 is 1.91. The standard InChI is InChI=1S/C14H17N3/c1-9-13(8-16-17(9)2)11-3-5-12-10(7-11)4-6-14(12)15/h3,5,7-8,14H,4,6,15H2,1-2H3. The molecule has 88 valence electrons. The van der Waals surface area contributed by atoms with Crippen molar-refractivity contribution in [1.82, 2.24) is 9.78 Å². The van der Waals surface area contributed by atoms with E-state index in [0.717, 1.165) is 12.8 Å². The third kappa shape index (κ3) is 1.58. The average Bonchev–Trinajstić information content (AvgIpc) is 2.85. The summed E-state index contributed by atoms with van der Waals surface area (Å²) in [6, 6.07) is 6.84. The van der Waals surface area contributed by atoms with E-state index in [9.17, 15) is 0 Å². The third-order valence-corrected chi connectivity index (χ3v) is 3.81. The first-order valence-corrected chi connectivity index (χ1v) is 6.04. The number of rotatable bonds is 1. The number of nitrogens with zero attached hydrogens (tertiary/aromatic N) is 2. The minimum absolute atomic E-state index is 0.231. The van der Waals surface area contributed by atoms with Crippen LogP contribution in [0.25, 0.3) is 11.1 Å². The molecule has 3 rings (SSSR count). The van der Waals surface area contributed by atoms with Gasteiger partial charge in [0.2, 0.25) is 0 Å². The van der Waals surface area contributed by atoms with Crippen LogP contribution < -0.4 is 5.73 Å². The van der Waals surface area contributed by atoms with E-state index in [-0.39, 0.29) is 6.04 Å². The van der Waals surface area contributed by atoms with E-state index >= 15 is 0 Å². The van der Waals surface area contributed by atoms with Crippen LogP contribution in [0.1, 0.15) is 29.3 Å². The van der Waals surface area contributed by atoms with Gasteiger partial charge in [0.25, 0.3) is 0 Å². The van der Waals surface area contributed by atoms with Gasteiger partial charge in [-0.25, -0.2) is 0 Å². The number of nitrogens with two attached hydrogens (primary N) is 1. The van der Waals surface area contributed by atoms with E-state index in [2.05, 4.69) is 30.2 Å². The lowest BCUT2D eigenvalue weighted by atomic mass is 10.0. The van der Waals surface area contributed by atoms with Gasteiger partial charge in [-0.3, -0.25) is 4.68 Å². The minimum atomic E-state index is 0.231. The second-order valence-corrected chi connectivity index (χ2v) is 4.83. The molecule has 1 atom stereocenters. The van der Waals surface area contributed by atoms with Crippen molar-refractivity contribution in [3.8, 4) is 11.1 Å². The monoisotopic (exact) mass is 227 g/mol. The largest absolute Gasteiger partial charge is 0.324 e. The van der Waals surface area contributed by atoms with Crippen LogP contribution in [0.2, 0.25) is 0 Å². The van der Waals surface area contributed by atoms with E-state index in [1.165, 1.54) is 27.9 Å². The molecule has 1 aliphatic carbocycles. The number of aryl methyl sites for hydroxylation is 2. The summed E-state index contributed by atoms with van der Waals surface area (Å²) in [5, 5.41) is 4.29. The van der Waals surface area contributed by atoms with Crippen LogP contribution in [-0.4, -0.2) is 9.78 Å². The number of aromatic nitrogens is 2. The second-order valence-electron chi connectivity index (χ2n) is 4.83. The fourth-order valence-corrected chi connectivity index (χ4v) is 2.60. The molecule has 3 nitrogen and oxygen atoms in total. The first-order chi connectivity index (χ1) is 8.16. The highest BCUT2D eigenvalue weighted by Crippen LogP contribution is 2.33. The van der Waals surface area contributed by atoms with Gasteiger partial charge in [0.1, 0.15) is 0 Å². The van der Waals surface area contributed by atoms with Crippen LogP contribution in [0.5, 0.6) is 0 Å². The van der Waals surface area contributed by atoms with Gasteiger partial charge in [-0.05, 0) is 36.5 Å². The second kappa shape index (κ2) is 3.70. The molecule has 1 aliphatic rings. The number of fused-ring (bicyclic) bond motifs is 1. The zero-order valence-corrected chi connectivity index (χ0v) is 10.3. The lowest BCUT2D eigenvalue weighted by Crippen LogP contribution is -2.04. The van der Waals surface area contributed by atoms with E-state index in [0.29, 0.717) is 0 Å². The molecule has 1 unspecified atom stereocenters. The molecular formula is C14H17N3. The molecule has 3 heteroatoms. The highest BCUT2D eigenvalue weighted by molar-refractivity contribution is 5.67. The quantitative estimate of drug-likeness (QED) is 0.812. The van der Waals surface area contributed by atoms with Gasteiger partial charge in [0.15, 0.2) is 0 Å². The summed E-state index contributed by atoms with van der Waals surface area (Å²) in [5.74, 6) is 0. The normalized spacial score (nSPS) is 18.4. The summed E-state index contributed by atoms with van der Waals surface area (Å²) in [7, 11) is 1.97. The van der Waals surface area contributed by atoms with Crippen LogP contribution in [0.4, 0.5) is 0 Å². The number of benzene rings is 1. The smallest absolute Gasteiger partial charge is 0.0571 e. The third-order valence-electron chi connectivity index (χ3n) is 3.81. The summed E-state index contributed by atoms with van der Waals surface area (Å²) in [6.07, 6.45) is 4.11. The average molecular weight is 227 g/mol. The van der Waals surface area contributed by atoms with Gasteiger partial charge in [-0.2, -0.15) is 5.10 Å². The Kier molecular flexibility index (Phi) is 2.30. The molecule has 1 aromatic carbocycles. The molecule has 2 N–H and O–H groups in total. The van der Waals surface area contributed by atoms with Gasteiger partial charge in [0, 0.05) is 24.3 Å². The van der Waals surface area contributed by atoms with Gasteiger partial charge < -0.3 is 5.73 Å². The molecule has 2 aromatic rings. The lowest BCUT2D eigenvalue weighted by molar-refractivity contribution is 0.713. The van der Waals surface area contributed by atoms with Crippen molar-refractivity contribution in [3.05, 3.63) is 41.2 Å². The zero-order chi connectivity index (χ0) is 12.0. The maximum atomic E-state index is 6.05. The van der Waals surface area contributed by atoms with Gasteiger partial charge >= 0.3 is 0 Å². The summed E-state index contributed by atoms with van der Waals surface area (Å²) in [5.41, 5.74) is 12.4. The molecule has 0 spiro atoms. The fraction of sp³-hybridized carbons (Fsp3) is 0.357. The molecule has 0 amide bonds. The van der Waals surface area contributed by atoms with E-state index in [1.54, 1.807) is 0 Å². The Hall–Kier alpha value is -1.61. The van der Waals surface area contributed by atoms with Crippen molar-refractivity contribution in [3.63, 3.8) is 0 Å². The van der Waals surface area contributed by atoms with E-state index < -0.39 is 0 Å². The predicted molar refractivity (Wildman–Crippen MR) is 68.6 cm³/mol. The Morgan fingerprint density at radius 2 is 2.24 bits per heavy atom. The Balaban J connectivity index is 2.09. The first-order valence-electron chi connectivity index (χ1n) is 6.04. The highest BCUT2D eigenvalue weighted by atomic mass is 15.3. The van der Waals surface area contributed by atoms with Crippen molar-refractivity contribution in [1.29, 1.82) is 0 Å². The number of hydrogen-bond acceptors (Lipinski definition) is 2. The summed E-state index contributed by atoms with van der Waals surface area (Å²) >= 11 is 0. The van der Waals surface area contributed by atoms with Crippen LogP contribution in [0.15, 0.2) is 24.4 Å². The minimum Gasteiger partial charge on any atom is -0.324 e. The molecule has 0 saturated heterocycles. The van der Waals surface area contributed by atoms with Crippen molar-refractivity contribution >= 4 is 0 Å². The summed E-state index contributed by atoms with van der Waals surface area (Å²) in [6.45, 7) is 2.10. The highest BCUT2D eigenvalue weighted by Gasteiger charge is 2.19. The van der Waals surface area contributed by atoms with Gasteiger partial charge in [-0.1, -0.05) is 18.2 Å². The van der Waals surface area contributed by atoms with Crippen LogP contribution in [-0.2, 0) is 13.5 Å². The Morgan fingerprint density at radius 3 is 2.94 bits per heavy atom. The van der Waals surface area contributed by atoms with Gasteiger partial charge in [0.05, 0.1) is 6.20 Å². The molecule has 0 saturated carbocycles. The van der Waals surface area contributed by atoms with E-state index in [4.69, 9.17) is 5.73 Å². The molecular weight excluding hydrogens is 210 g/mol. The topological polar surface area (TPSA) is 43.8 Å². The summed E-state index contributed by atoms with van der Waals surface area (Å²) in [4.78, 5) is 0. The zero-order valence-electron chi connectivity index (χ0n) is 10.3. The van der Waals surface area contributed by atoms with Crippen molar-refractivity contribution < 1.29 is 0 Å². The van der Waals surface area contributed by atoms with Crippen LogP contribution in [0, 0.1) is 6.92 Å². The Labute approximate surface area is 101 Å². The molecule has 0 aliphatic heterocycles. The van der Waals surface area contributed by atoms with Crippen molar-refractivity contribution in [2.75, 3.05) is 0 Å². The number of hydrogen-bond donors (Lipinski definition) is 1. The molecule has 1 heterocycles. The maximum Gasteiger partial charge on any atom is 0.0571 e. The van der Waals surface area contributed by atoms with Crippen molar-refractivity contribution in [2.45, 2.75) is 25.8 Å². The predicted octanol–water partition coefficient (Wildman–Crippen LogP) is 2.34. The van der Waals surface area contributed by atoms with Crippen molar-refractivity contribution in [2.24, 2.45) is 12.8 Å². The first kappa shape index (κ1) is 10.5. The molecule has 0 radical (unpaired) electrons. The van der Waals surface area contributed by atoms with Crippen LogP contribution in [0.3, 0.4) is 0 Å². The Bertz CT molecular complexity index is 569. The lowest BCUT2D eigenvalue weighted by Gasteiger charge is -2.07.